The number of carbonyl (C=O) groups excluding carboxylic acids is 4. The van der Waals surface area contributed by atoms with Crippen LogP contribution in [0.5, 0.6) is 0 Å². The minimum Gasteiger partial charge on any atom is -0.501 e. The molecule has 0 unspecified atom stereocenters. The van der Waals surface area contributed by atoms with E-state index in [1.807, 2.05) is 12.2 Å². The molecule has 1 aliphatic heterocycles. The molecule has 12 heteroatoms. The van der Waals surface area contributed by atoms with Crippen LogP contribution in [-0.2, 0) is 33.3 Å². The summed E-state index contributed by atoms with van der Waals surface area (Å²) in [6.07, 6.45) is 13.6. The first kappa shape index (κ1) is 40.9. The van der Waals surface area contributed by atoms with Crippen LogP contribution >= 0.6 is 11.6 Å². The zero-order valence-electron chi connectivity index (χ0n) is 28.5. The van der Waals surface area contributed by atoms with Gasteiger partial charge in [-0.25, -0.2) is 9.69 Å². The summed E-state index contributed by atoms with van der Waals surface area (Å²) in [5.74, 6) is -1.56. The van der Waals surface area contributed by atoms with Gasteiger partial charge in [-0.3, -0.25) is 19.3 Å². The van der Waals surface area contributed by atoms with Crippen LogP contribution in [0.2, 0.25) is 0 Å². The van der Waals surface area contributed by atoms with Gasteiger partial charge in [0.15, 0.2) is 0 Å². The Labute approximate surface area is 279 Å². The summed E-state index contributed by atoms with van der Waals surface area (Å²) < 4.78 is 21.6. The van der Waals surface area contributed by atoms with Gasteiger partial charge in [0.1, 0.15) is 23.2 Å². The Morgan fingerprint density at radius 3 is 2.37 bits per heavy atom. The zero-order chi connectivity index (χ0) is 34.7. The number of aliphatic hydroxyl groups is 1. The maximum absolute atomic E-state index is 13.3. The molecule has 0 saturated heterocycles. The van der Waals surface area contributed by atoms with Gasteiger partial charge in [-0.05, 0) is 45.6 Å². The summed E-state index contributed by atoms with van der Waals surface area (Å²) in [7, 11) is 4.38. The Hall–Kier alpha value is -3.15. The van der Waals surface area contributed by atoms with Gasteiger partial charge in [0.25, 0.3) is 11.8 Å². The SMILES string of the molecule is CCCCCCC[C@@H](C/C=C/CCC(=O)N(C/C(=C\Cl)C/C(=C\C(=O)N1C(=O)C=C(OC)[C@H]1CO)OC)C(=O)OC(C)(C)C)OC. The number of carbonyl (C=O) groups is 4. The monoisotopic (exact) mass is 668 g/mol. The number of amides is 4. The largest absolute Gasteiger partial charge is 0.501 e. The molecule has 1 aliphatic rings. The number of unbranched alkanes of at least 4 members (excludes halogenated alkanes) is 4. The van der Waals surface area contributed by atoms with Crippen LogP contribution < -0.4 is 0 Å². The Morgan fingerprint density at radius 1 is 1.11 bits per heavy atom. The minimum absolute atomic E-state index is 0.0501. The highest BCUT2D eigenvalue weighted by molar-refractivity contribution is 6.25. The third-order valence-electron chi connectivity index (χ3n) is 7.22. The van der Waals surface area contributed by atoms with Crippen LogP contribution in [0.4, 0.5) is 4.79 Å². The molecular formula is C34H53ClN2O9. The molecule has 46 heavy (non-hydrogen) atoms. The average Bonchev–Trinajstić information content (AvgIpc) is 3.35. The number of rotatable bonds is 20. The highest BCUT2D eigenvalue weighted by atomic mass is 35.5. The molecule has 11 nitrogen and oxygen atoms in total. The van der Waals surface area contributed by atoms with Crippen molar-refractivity contribution in [3.05, 3.63) is 46.9 Å². The molecule has 1 rings (SSSR count). The number of nitrogens with zero attached hydrogens (tertiary/aromatic N) is 2. The predicted octanol–water partition coefficient (Wildman–Crippen LogP) is 6.16. The van der Waals surface area contributed by atoms with Crippen molar-refractivity contribution in [2.24, 2.45) is 0 Å². The summed E-state index contributed by atoms with van der Waals surface area (Å²) in [5, 5.41) is 9.71. The number of hydrogen-bond donors (Lipinski definition) is 1. The van der Waals surface area contributed by atoms with Gasteiger partial charge >= 0.3 is 6.09 Å². The molecule has 0 spiro atoms. The van der Waals surface area contributed by atoms with Gasteiger partial charge in [-0.1, -0.05) is 62.8 Å². The molecule has 0 aromatic rings. The van der Waals surface area contributed by atoms with E-state index in [1.165, 1.54) is 45.4 Å². The van der Waals surface area contributed by atoms with E-state index >= 15 is 0 Å². The van der Waals surface area contributed by atoms with Crippen molar-refractivity contribution < 1.29 is 43.2 Å². The maximum Gasteiger partial charge on any atom is 0.417 e. The molecular weight excluding hydrogens is 616 g/mol. The molecule has 4 amide bonds. The van der Waals surface area contributed by atoms with Gasteiger partial charge in [0.2, 0.25) is 5.91 Å². The van der Waals surface area contributed by atoms with Crippen molar-refractivity contribution in [3.8, 4) is 0 Å². The number of halogens is 1. The lowest BCUT2D eigenvalue weighted by Crippen LogP contribution is -2.42. The lowest BCUT2D eigenvalue weighted by Gasteiger charge is -2.27. The molecule has 2 atom stereocenters. The summed E-state index contributed by atoms with van der Waals surface area (Å²) in [6, 6.07) is -0.965. The van der Waals surface area contributed by atoms with E-state index in [9.17, 15) is 24.3 Å². The van der Waals surface area contributed by atoms with Gasteiger partial charge < -0.3 is 24.1 Å². The first-order chi connectivity index (χ1) is 21.8. The van der Waals surface area contributed by atoms with Crippen LogP contribution in [0.15, 0.2) is 46.9 Å². The number of imide groups is 2. The summed E-state index contributed by atoms with van der Waals surface area (Å²) in [4.78, 5) is 53.6. The number of allylic oxidation sites excluding steroid dienone is 2. The first-order valence-corrected chi connectivity index (χ1v) is 16.3. The Morgan fingerprint density at radius 2 is 1.80 bits per heavy atom. The molecule has 1 N–H and O–H groups in total. The van der Waals surface area contributed by atoms with Crippen molar-refractivity contribution in [1.29, 1.82) is 0 Å². The lowest BCUT2D eigenvalue weighted by atomic mass is 10.1. The smallest absolute Gasteiger partial charge is 0.417 e. The molecule has 0 fully saturated rings. The Bertz CT molecular complexity index is 1120. The maximum atomic E-state index is 13.3. The van der Waals surface area contributed by atoms with Crippen molar-refractivity contribution in [1.82, 2.24) is 9.80 Å². The fourth-order valence-electron chi connectivity index (χ4n) is 4.73. The van der Waals surface area contributed by atoms with Crippen molar-refractivity contribution in [2.45, 2.75) is 110 Å². The normalized spacial score (nSPS) is 16.5. The molecule has 0 radical (unpaired) electrons. The van der Waals surface area contributed by atoms with Crippen LogP contribution in [0.3, 0.4) is 0 Å². The molecule has 0 bridgehead atoms. The molecule has 0 aliphatic carbocycles. The summed E-state index contributed by atoms with van der Waals surface area (Å²) in [5.41, 5.74) is 0.731. The Balaban J connectivity index is 2.94. The average molecular weight is 669 g/mol. The second kappa shape index (κ2) is 21.6. The molecule has 0 saturated carbocycles. The van der Waals surface area contributed by atoms with Gasteiger partial charge in [-0.15, -0.1) is 0 Å². The van der Waals surface area contributed by atoms with Crippen LogP contribution in [0.25, 0.3) is 0 Å². The van der Waals surface area contributed by atoms with Gasteiger partial charge in [0.05, 0.1) is 33.5 Å². The van der Waals surface area contributed by atoms with Crippen LogP contribution in [0.1, 0.15) is 91.9 Å². The number of hydrogen-bond acceptors (Lipinski definition) is 9. The Kier molecular flexibility index (Phi) is 19.2. The van der Waals surface area contributed by atoms with Crippen LogP contribution in [0, 0.1) is 0 Å². The minimum atomic E-state index is -0.965. The molecule has 0 aromatic carbocycles. The molecule has 1 heterocycles. The molecule has 0 aromatic heterocycles. The zero-order valence-corrected chi connectivity index (χ0v) is 29.3. The van der Waals surface area contributed by atoms with Gasteiger partial charge in [-0.2, -0.15) is 0 Å². The fraction of sp³-hybridized carbons (Fsp3) is 0.647. The summed E-state index contributed by atoms with van der Waals surface area (Å²) in [6.45, 7) is 6.56. The number of methoxy groups -OCH3 is 3. The molecule has 260 valence electrons. The topological polar surface area (TPSA) is 132 Å². The van der Waals surface area contributed by atoms with E-state index in [4.69, 9.17) is 30.5 Å². The third kappa shape index (κ3) is 14.5. The van der Waals surface area contributed by atoms with E-state index in [1.54, 1.807) is 27.9 Å². The van der Waals surface area contributed by atoms with Crippen molar-refractivity contribution in [3.63, 3.8) is 0 Å². The predicted molar refractivity (Wildman–Crippen MR) is 177 cm³/mol. The second-order valence-corrected chi connectivity index (χ2v) is 12.2. The standard InChI is InChI=1S/C34H53ClN2O9/c1-8-9-10-11-13-16-26(43-5)17-14-12-15-18-30(39)36(33(42)46-34(2,3)4)23-25(22-35)19-27(44-6)20-31(40)37-28(24-38)29(45-7)21-32(37)41/h12,14,20-22,26,28,38H,8-11,13,15-19,23-24H2,1-7H3/b14-12+,25-22-,27-20+/t26-,28+/m0/s1. The first-order valence-electron chi connectivity index (χ1n) is 15.8. The van der Waals surface area contributed by atoms with E-state index < -0.39 is 42.1 Å². The highest BCUT2D eigenvalue weighted by Gasteiger charge is 2.37. The van der Waals surface area contributed by atoms with E-state index in [-0.39, 0.29) is 37.0 Å². The van der Waals surface area contributed by atoms with Crippen molar-refractivity contribution in [2.75, 3.05) is 34.5 Å². The second-order valence-electron chi connectivity index (χ2n) is 12.0. The van der Waals surface area contributed by atoms with Crippen LogP contribution in [-0.4, -0.2) is 90.9 Å². The van der Waals surface area contributed by atoms with Gasteiger partial charge in [0, 0.05) is 37.6 Å². The van der Waals surface area contributed by atoms with E-state index in [2.05, 4.69) is 6.92 Å². The third-order valence-corrected chi connectivity index (χ3v) is 7.53. The quantitative estimate of drug-likeness (QED) is 0.0702. The highest BCUT2D eigenvalue weighted by Crippen LogP contribution is 2.23. The number of ether oxygens (including phenoxy) is 4. The fourth-order valence-corrected chi connectivity index (χ4v) is 4.88. The number of aliphatic hydroxyl groups excluding tert-OH is 1. The lowest BCUT2D eigenvalue weighted by molar-refractivity contribution is -0.140. The van der Waals surface area contributed by atoms with E-state index in [0.717, 1.165) is 41.2 Å². The summed E-state index contributed by atoms with van der Waals surface area (Å²) >= 11 is 6.11. The van der Waals surface area contributed by atoms with E-state index in [0.29, 0.717) is 12.0 Å². The van der Waals surface area contributed by atoms with Crippen molar-refractivity contribution >= 4 is 35.4 Å².